The Morgan fingerprint density at radius 3 is 2.50 bits per heavy atom. The Morgan fingerprint density at radius 1 is 1.32 bits per heavy atom. The van der Waals surface area contributed by atoms with Crippen molar-refractivity contribution in [1.82, 2.24) is 4.90 Å². The SMILES string of the molecule is CN(CCC#N)C(=O)COC(=O)c1ccc(NC(N)=O)cc1. The number of carbonyl (C=O) groups excluding carboxylic acids is 3. The predicted molar refractivity (Wildman–Crippen MR) is 77.8 cm³/mol. The molecule has 0 atom stereocenters. The van der Waals surface area contributed by atoms with E-state index in [1.165, 1.54) is 36.2 Å². The number of hydrogen-bond acceptors (Lipinski definition) is 5. The molecule has 0 fully saturated rings. The molecule has 0 aliphatic rings. The normalized spacial score (nSPS) is 9.45. The summed E-state index contributed by atoms with van der Waals surface area (Å²) in [5.41, 5.74) is 5.64. The zero-order valence-electron chi connectivity index (χ0n) is 12.0. The van der Waals surface area contributed by atoms with Crippen LogP contribution in [0, 0.1) is 11.3 Å². The zero-order valence-corrected chi connectivity index (χ0v) is 12.0. The number of nitrogens with two attached hydrogens (primary N) is 1. The van der Waals surface area contributed by atoms with Crippen LogP contribution >= 0.6 is 0 Å². The standard InChI is InChI=1S/C14H16N4O4/c1-18(8-2-7-15)12(19)9-22-13(20)10-3-5-11(6-4-10)17-14(16)21/h3-6H,2,8-9H2,1H3,(H3,16,17,21). The molecule has 0 aliphatic carbocycles. The van der Waals surface area contributed by atoms with Crippen LogP contribution in [0.1, 0.15) is 16.8 Å². The van der Waals surface area contributed by atoms with E-state index >= 15 is 0 Å². The van der Waals surface area contributed by atoms with E-state index in [9.17, 15) is 14.4 Å². The Morgan fingerprint density at radius 2 is 1.95 bits per heavy atom. The third kappa shape index (κ3) is 5.50. The molecule has 1 rings (SSSR count). The maximum atomic E-state index is 11.8. The molecule has 0 saturated heterocycles. The van der Waals surface area contributed by atoms with Gasteiger partial charge in [-0.1, -0.05) is 0 Å². The van der Waals surface area contributed by atoms with E-state index in [4.69, 9.17) is 15.7 Å². The quantitative estimate of drug-likeness (QED) is 0.748. The summed E-state index contributed by atoms with van der Waals surface area (Å²) < 4.78 is 4.89. The summed E-state index contributed by atoms with van der Waals surface area (Å²) in [6.07, 6.45) is 0.213. The number of anilines is 1. The molecule has 8 heteroatoms. The molecule has 0 radical (unpaired) electrons. The van der Waals surface area contributed by atoms with E-state index in [1.807, 2.05) is 6.07 Å². The van der Waals surface area contributed by atoms with E-state index in [0.29, 0.717) is 5.69 Å². The van der Waals surface area contributed by atoms with Crippen molar-refractivity contribution in [3.63, 3.8) is 0 Å². The van der Waals surface area contributed by atoms with Crippen molar-refractivity contribution in [2.75, 3.05) is 25.5 Å². The summed E-state index contributed by atoms with van der Waals surface area (Å²) in [6.45, 7) is -0.123. The van der Waals surface area contributed by atoms with Crippen molar-refractivity contribution >= 4 is 23.6 Å². The maximum Gasteiger partial charge on any atom is 0.338 e. The van der Waals surface area contributed by atoms with Gasteiger partial charge in [0.05, 0.1) is 18.1 Å². The van der Waals surface area contributed by atoms with Crippen LogP contribution in [0.4, 0.5) is 10.5 Å². The van der Waals surface area contributed by atoms with Gasteiger partial charge >= 0.3 is 12.0 Å². The Balaban J connectivity index is 2.50. The number of nitriles is 1. The maximum absolute atomic E-state index is 11.8. The van der Waals surface area contributed by atoms with Gasteiger partial charge in [-0.3, -0.25) is 4.79 Å². The van der Waals surface area contributed by atoms with E-state index < -0.39 is 24.5 Å². The van der Waals surface area contributed by atoms with Crippen LogP contribution in [0.5, 0.6) is 0 Å². The van der Waals surface area contributed by atoms with Crippen LogP contribution in [0.15, 0.2) is 24.3 Å². The van der Waals surface area contributed by atoms with E-state index in [0.717, 1.165) is 0 Å². The van der Waals surface area contributed by atoms with Crippen molar-refractivity contribution < 1.29 is 19.1 Å². The number of carbonyl (C=O) groups is 3. The molecule has 116 valence electrons. The van der Waals surface area contributed by atoms with Gasteiger partial charge in [-0.2, -0.15) is 5.26 Å². The summed E-state index contributed by atoms with van der Waals surface area (Å²) in [7, 11) is 1.53. The highest BCUT2D eigenvalue weighted by Gasteiger charge is 2.13. The van der Waals surface area contributed by atoms with Crippen molar-refractivity contribution in [2.45, 2.75) is 6.42 Å². The van der Waals surface area contributed by atoms with Gasteiger partial charge in [-0.15, -0.1) is 0 Å². The summed E-state index contributed by atoms with van der Waals surface area (Å²) in [5.74, 6) is -1.05. The first-order chi connectivity index (χ1) is 10.4. The summed E-state index contributed by atoms with van der Waals surface area (Å²) >= 11 is 0. The first-order valence-corrected chi connectivity index (χ1v) is 6.38. The Bertz CT molecular complexity index is 592. The molecule has 8 nitrogen and oxygen atoms in total. The van der Waals surface area contributed by atoms with Gasteiger partial charge in [0.2, 0.25) is 0 Å². The molecular formula is C14H16N4O4. The molecule has 0 aromatic heterocycles. The van der Waals surface area contributed by atoms with Crippen LogP contribution in [-0.2, 0) is 9.53 Å². The average molecular weight is 304 g/mol. The number of amides is 3. The third-order valence-corrected chi connectivity index (χ3v) is 2.70. The minimum absolute atomic E-state index is 0.213. The zero-order chi connectivity index (χ0) is 16.5. The number of nitrogens with zero attached hydrogens (tertiary/aromatic N) is 2. The summed E-state index contributed by atoms with van der Waals surface area (Å²) in [4.78, 5) is 35.4. The predicted octanol–water partition coefficient (Wildman–Crippen LogP) is 0.706. The molecule has 22 heavy (non-hydrogen) atoms. The number of nitrogens with one attached hydrogen (secondary N) is 1. The number of urea groups is 1. The van der Waals surface area contributed by atoms with Gasteiger partial charge in [0.15, 0.2) is 6.61 Å². The van der Waals surface area contributed by atoms with Crippen molar-refractivity contribution in [1.29, 1.82) is 5.26 Å². The molecule has 0 spiro atoms. The van der Waals surface area contributed by atoms with Crippen molar-refractivity contribution in [3.05, 3.63) is 29.8 Å². The second kappa shape index (κ2) is 8.26. The van der Waals surface area contributed by atoms with E-state index in [1.54, 1.807) is 0 Å². The number of hydrogen-bond donors (Lipinski definition) is 2. The molecule has 0 unspecified atom stereocenters. The van der Waals surface area contributed by atoms with Crippen LogP contribution in [0.2, 0.25) is 0 Å². The molecule has 0 heterocycles. The minimum Gasteiger partial charge on any atom is -0.452 e. The van der Waals surface area contributed by atoms with Crippen molar-refractivity contribution in [3.8, 4) is 6.07 Å². The van der Waals surface area contributed by atoms with Gasteiger partial charge in [-0.25, -0.2) is 9.59 Å². The molecule has 3 N–H and O–H groups in total. The lowest BCUT2D eigenvalue weighted by Gasteiger charge is -2.15. The molecule has 0 bridgehead atoms. The smallest absolute Gasteiger partial charge is 0.338 e. The minimum atomic E-state index is -0.707. The lowest BCUT2D eigenvalue weighted by atomic mass is 10.2. The van der Waals surface area contributed by atoms with Gasteiger partial charge in [-0.05, 0) is 24.3 Å². The van der Waals surface area contributed by atoms with Crippen LogP contribution in [0.25, 0.3) is 0 Å². The number of rotatable bonds is 6. The molecule has 0 aliphatic heterocycles. The fourth-order valence-electron chi connectivity index (χ4n) is 1.50. The molecular weight excluding hydrogens is 288 g/mol. The monoisotopic (exact) mass is 304 g/mol. The van der Waals surface area contributed by atoms with Gasteiger partial charge in [0.1, 0.15) is 0 Å². The Hall–Kier alpha value is -3.08. The van der Waals surface area contributed by atoms with Crippen molar-refractivity contribution in [2.24, 2.45) is 5.73 Å². The van der Waals surface area contributed by atoms with Gasteiger partial charge in [0.25, 0.3) is 5.91 Å². The Kier molecular flexibility index (Phi) is 6.37. The number of benzene rings is 1. The fourth-order valence-corrected chi connectivity index (χ4v) is 1.50. The largest absolute Gasteiger partial charge is 0.452 e. The highest BCUT2D eigenvalue weighted by Crippen LogP contribution is 2.10. The fraction of sp³-hybridized carbons (Fsp3) is 0.286. The lowest BCUT2D eigenvalue weighted by molar-refractivity contribution is -0.133. The molecule has 1 aromatic rings. The summed E-state index contributed by atoms with van der Waals surface area (Å²) in [5, 5.41) is 10.8. The third-order valence-electron chi connectivity index (χ3n) is 2.70. The number of likely N-dealkylation sites (N-methyl/N-ethyl adjacent to an activating group) is 1. The molecule has 1 aromatic carbocycles. The van der Waals surface area contributed by atoms with Gasteiger partial charge in [0, 0.05) is 19.3 Å². The van der Waals surface area contributed by atoms with Crippen LogP contribution < -0.4 is 11.1 Å². The molecule has 0 saturated carbocycles. The van der Waals surface area contributed by atoms with E-state index in [-0.39, 0.29) is 18.5 Å². The topological polar surface area (TPSA) is 126 Å². The molecule has 3 amide bonds. The van der Waals surface area contributed by atoms with Crippen LogP contribution in [-0.4, -0.2) is 43.0 Å². The summed E-state index contributed by atoms with van der Waals surface area (Å²) in [6, 6.07) is 7.08. The second-order valence-corrected chi connectivity index (χ2v) is 4.37. The highest BCUT2D eigenvalue weighted by atomic mass is 16.5. The van der Waals surface area contributed by atoms with E-state index in [2.05, 4.69) is 5.32 Å². The number of primary amides is 1. The highest BCUT2D eigenvalue weighted by molar-refractivity contribution is 5.93. The lowest BCUT2D eigenvalue weighted by Crippen LogP contribution is -2.31. The number of esters is 1. The Labute approximate surface area is 127 Å². The second-order valence-electron chi connectivity index (χ2n) is 4.37. The van der Waals surface area contributed by atoms with Gasteiger partial charge < -0.3 is 20.7 Å². The average Bonchev–Trinajstić information content (AvgIpc) is 2.50. The number of ether oxygens (including phenoxy) is 1. The van der Waals surface area contributed by atoms with Crippen LogP contribution in [0.3, 0.4) is 0 Å². The first-order valence-electron chi connectivity index (χ1n) is 6.38. The first kappa shape index (κ1) is 17.0.